The van der Waals surface area contributed by atoms with Crippen LogP contribution in [-0.4, -0.2) is 50.3 Å². The number of thioether (sulfide) groups is 1. The minimum Gasteiger partial charge on any atom is -0.421 e. The van der Waals surface area contributed by atoms with Crippen LogP contribution in [0, 0.1) is 12.7 Å². The third-order valence-corrected chi connectivity index (χ3v) is 6.16. The van der Waals surface area contributed by atoms with Crippen LogP contribution >= 0.6 is 11.8 Å². The molecule has 0 spiro atoms. The molecule has 3 aromatic heterocycles. The van der Waals surface area contributed by atoms with Gasteiger partial charge in [-0.3, -0.25) is 0 Å². The summed E-state index contributed by atoms with van der Waals surface area (Å²) in [7, 11) is 1.75. The molecule has 1 aliphatic heterocycles. The molecule has 0 bridgehead atoms. The number of rotatable bonds is 4. The maximum atomic E-state index is 14.9. The van der Waals surface area contributed by atoms with Gasteiger partial charge in [0.25, 0.3) is 0 Å². The number of nitrogens with one attached hydrogen (secondary N) is 3. The monoisotopic (exact) mass is 426 g/mol. The average molecular weight is 426 g/mol. The fourth-order valence-corrected chi connectivity index (χ4v) is 4.59. The van der Waals surface area contributed by atoms with Gasteiger partial charge in [0.2, 0.25) is 0 Å². The number of halogens is 1. The van der Waals surface area contributed by atoms with Crippen molar-refractivity contribution in [3.63, 3.8) is 0 Å². The molecule has 0 saturated heterocycles. The van der Waals surface area contributed by atoms with E-state index in [9.17, 15) is 4.39 Å². The highest BCUT2D eigenvalue weighted by molar-refractivity contribution is 7.99. The SMILES string of the molecule is CNc1cc(F)c2c3c1[nH]c1nc(Oc4cnc(C)nc4)nc(c13)N[C@@H](CN)CS2. The Morgan fingerprint density at radius 1 is 1.30 bits per heavy atom. The van der Waals surface area contributed by atoms with Crippen LogP contribution in [0.3, 0.4) is 0 Å². The van der Waals surface area contributed by atoms with Crippen LogP contribution in [-0.2, 0) is 0 Å². The lowest BCUT2D eigenvalue weighted by Gasteiger charge is -2.21. The lowest BCUT2D eigenvalue weighted by molar-refractivity contribution is 0.439. The van der Waals surface area contributed by atoms with Gasteiger partial charge in [-0.1, -0.05) is 0 Å². The molecule has 11 heteroatoms. The number of benzene rings is 1. The second-order valence-corrected chi connectivity index (χ2v) is 7.92. The van der Waals surface area contributed by atoms with Crippen molar-refractivity contribution in [2.45, 2.75) is 17.9 Å². The summed E-state index contributed by atoms with van der Waals surface area (Å²) in [6, 6.07) is 1.52. The topological polar surface area (TPSA) is 127 Å². The van der Waals surface area contributed by atoms with Crippen molar-refractivity contribution in [2.24, 2.45) is 5.73 Å². The molecule has 1 aliphatic rings. The first-order valence-corrected chi connectivity index (χ1v) is 10.4. The van der Waals surface area contributed by atoms with E-state index < -0.39 is 0 Å². The smallest absolute Gasteiger partial charge is 0.326 e. The van der Waals surface area contributed by atoms with Gasteiger partial charge in [0.1, 0.15) is 23.1 Å². The van der Waals surface area contributed by atoms with Gasteiger partial charge in [0, 0.05) is 36.8 Å². The Kier molecular flexibility index (Phi) is 4.55. The predicted molar refractivity (Wildman–Crippen MR) is 115 cm³/mol. The zero-order chi connectivity index (χ0) is 20.8. The molecule has 0 saturated carbocycles. The first kappa shape index (κ1) is 18.8. The molecule has 9 nitrogen and oxygen atoms in total. The van der Waals surface area contributed by atoms with Crippen molar-refractivity contribution in [2.75, 3.05) is 30.0 Å². The number of ether oxygens (including phenoxy) is 1. The van der Waals surface area contributed by atoms with Crippen LogP contribution in [0.2, 0.25) is 0 Å². The lowest BCUT2D eigenvalue weighted by Crippen LogP contribution is -2.32. The Morgan fingerprint density at radius 2 is 2.10 bits per heavy atom. The number of nitrogens with zero attached hydrogens (tertiary/aromatic N) is 4. The second-order valence-electron chi connectivity index (χ2n) is 6.89. The average Bonchev–Trinajstić information content (AvgIpc) is 3.11. The molecule has 5 rings (SSSR count). The zero-order valence-corrected chi connectivity index (χ0v) is 17.1. The van der Waals surface area contributed by atoms with Gasteiger partial charge in [-0.2, -0.15) is 9.97 Å². The molecule has 0 aliphatic carbocycles. The van der Waals surface area contributed by atoms with E-state index in [1.807, 2.05) is 0 Å². The summed E-state index contributed by atoms with van der Waals surface area (Å²) in [6.45, 7) is 2.16. The molecule has 30 heavy (non-hydrogen) atoms. The van der Waals surface area contributed by atoms with Gasteiger partial charge in [-0.15, -0.1) is 11.8 Å². The molecule has 154 valence electrons. The van der Waals surface area contributed by atoms with Crippen molar-refractivity contribution >= 4 is 45.2 Å². The summed E-state index contributed by atoms with van der Waals surface area (Å²) in [6.07, 6.45) is 3.12. The van der Waals surface area contributed by atoms with Gasteiger partial charge in [-0.05, 0) is 6.92 Å². The van der Waals surface area contributed by atoms with Gasteiger partial charge in [-0.25, -0.2) is 14.4 Å². The van der Waals surface area contributed by atoms with E-state index in [0.717, 1.165) is 10.9 Å². The molecule has 0 fully saturated rings. The first-order chi connectivity index (χ1) is 14.6. The van der Waals surface area contributed by atoms with Crippen LogP contribution in [0.1, 0.15) is 5.82 Å². The number of aromatic nitrogens is 5. The highest BCUT2D eigenvalue weighted by Gasteiger charge is 2.26. The minimum atomic E-state index is -0.293. The van der Waals surface area contributed by atoms with Gasteiger partial charge in [0.05, 0.1) is 33.9 Å². The summed E-state index contributed by atoms with van der Waals surface area (Å²) in [5, 5.41) is 7.85. The maximum Gasteiger partial charge on any atom is 0.326 e. The standard InChI is InChI=1S/C19H19FN8OS/c1-8-23-5-10(6-24-8)29-19-27-17-14-13-15(26-18(14)28-19)12(22-2)3-11(20)16(13)30-7-9(4-21)25-17/h3,5-6,9,22H,4,7,21H2,1-2H3,(H2,25,26,27,28)/t9-/m0/s1. The molecule has 0 amide bonds. The number of anilines is 2. The summed E-state index contributed by atoms with van der Waals surface area (Å²) >= 11 is 1.43. The number of nitrogens with two attached hydrogens (primary N) is 1. The van der Waals surface area contributed by atoms with E-state index in [0.29, 0.717) is 51.3 Å². The fraction of sp³-hybridized carbons (Fsp3) is 0.263. The van der Waals surface area contributed by atoms with Gasteiger partial charge < -0.3 is 26.1 Å². The third kappa shape index (κ3) is 3.06. The molecule has 1 atom stereocenters. The number of aryl methyl sites for hydroxylation is 1. The molecular formula is C19H19FN8OS. The minimum absolute atomic E-state index is 0.0925. The molecule has 4 heterocycles. The summed E-state index contributed by atoms with van der Waals surface area (Å²) in [5.41, 5.74) is 7.86. The number of hydrogen-bond donors (Lipinski definition) is 4. The zero-order valence-electron chi connectivity index (χ0n) is 16.3. The van der Waals surface area contributed by atoms with E-state index in [-0.39, 0.29) is 17.9 Å². The van der Waals surface area contributed by atoms with E-state index in [2.05, 4.69) is 35.6 Å². The van der Waals surface area contributed by atoms with Crippen molar-refractivity contribution in [3.05, 3.63) is 30.1 Å². The van der Waals surface area contributed by atoms with Crippen LogP contribution in [0.25, 0.3) is 21.9 Å². The highest BCUT2D eigenvalue weighted by atomic mass is 32.2. The van der Waals surface area contributed by atoms with Crippen molar-refractivity contribution < 1.29 is 9.13 Å². The Hall–Kier alpha value is -3.18. The van der Waals surface area contributed by atoms with E-state index >= 15 is 0 Å². The van der Waals surface area contributed by atoms with Crippen LogP contribution in [0.4, 0.5) is 15.9 Å². The number of aromatic amines is 1. The van der Waals surface area contributed by atoms with Crippen LogP contribution < -0.4 is 21.1 Å². The third-order valence-electron chi connectivity index (χ3n) is 4.91. The van der Waals surface area contributed by atoms with Crippen molar-refractivity contribution in [3.8, 4) is 11.8 Å². The number of hydrogen-bond acceptors (Lipinski definition) is 9. The molecule has 1 aromatic carbocycles. The number of H-pyrrole nitrogens is 1. The Bertz CT molecular complexity index is 1260. The van der Waals surface area contributed by atoms with Crippen molar-refractivity contribution in [1.29, 1.82) is 0 Å². The van der Waals surface area contributed by atoms with Crippen LogP contribution in [0.5, 0.6) is 11.8 Å². The van der Waals surface area contributed by atoms with E-state index in [1.165, 1.54) is 17.8 Å². The maximum absolute atomic E-state index is 14.9. The van der Waals surface area contributed by atoms with Crippen molar-refractivity contribution in [1.82, 2.24) is 24.9 Å². The first-order valence-electron chi connectivity index (χ1n) is 9.37. The van der Waals surface area contributed by atoms with E-state index in [4.69, 9.17) is 10.5 Å². The molecule has 5 N–H and O–H groups in total. The van der Waals surface area contributed by atoms with Gasteiger partial charge >= 0.3 is 6.01 Å². The fourth-order valence-electron chi connectivity index (χ4n) is 3.46. The molecule has 0 unspecified atom stereocenters. The Morgan fingerprint density at radius 3 is 2.83 bits per heavy atom. The molecular weight excluding hydrogens is 407 g/mol. The Labute approximate surface area is 175 Å². The molecule has 4 aromatic rings. The quantitative estimate of drug-likeness (QED) is 0.389. The van der Waals surface area contributed by atoms with Crippen LogP contribution in [0.15, 0.2) is 23.4 Å². The lowest BCUT2D eigenvalue weighted by atomic mass is 10.1. The van der Waals surface area contributed by atoms with E-state index in [1.54, 1.807) is 26.4 Å². The predicted octanol–water partition coefficient (Wildman–Crippen LogP) is 3.03. The summed E-state index contributed by atoms with van der Waals surface area (Å²) in [5.74, 6) is 1.90. The highest BCUT2D eigenvalue weighted by Crippen LogP contribution is 2.43. The second kappa shape index (κ2) is 7.26. The molecule has 0 radical (unpaired) electrons. The Balaban J connectivity index is 1.75. The largest absolute Gasteiger partial charge is 0.421 e. The summed E-state index contributed by atoms with van der Waals surface area (Å²) in [4.78, 5) is 21.2. The van der Waals surface area contributed by atoms with Gasteiger partial charge in [0.15, 0.2) is 5.75 Å². The summed E-state index contributed by atoms with van der Waals surface area (Å²) < 4.78 is 20.7. The normalized spacial score (nSPS) is 15.8.